The Morgan fingerprint density at radius 2 is 1.93 bits per heavy atom. The van der Waals surface area contributed by atoms with Gasteiger partial charge in [-0.2, -0.15) is 13.2 Å². The fourth-order valence-corrected chi connectivity index (χ4v) is 3.86. The number of thioether (sulfide) groups is 1. The Kier molecular flexibility index (Phi) is 5.07. The second kappa shape index (κ2) is 7.03. The van der Waals surface area contributed by atoms with Gasteiger partial charge in [0.15, 0.2) is 5.16 Å². The average Bonchev–Trinajstić information content (AvgIpc) is 2.92. The zero-order valence-electron chi connectivity index (χ0n) is 15.2. The van der Waals surface area contributed by atoms with E-state index in [2.05, 4.69) is 24.0 Å². The largest absolute Gasteiger partial charge is 0.451 e. The molecule has 3 aromatic rings. The van der Waals surface area contributed by atoms with Gasteiger partial charge in [0.1, 0.15) is 5.58 Å². The van der Waals surface area contributed by atoms with E-state index in [0.717, 1.165) is 32.8 Å². The summed E-state index contributed by atoms with van der Waals surface area (Å²) in [4.78, 5) is 11.9. The molecular weight excluding hydrogens is 379 g/mol. The summed E-state index contributed by atoms with van der Waals surface area (Å²) >= 11 is 1.09. The zero-order chi connectivity index (χ0) is 19.9. The van der Waals surface area contributed by atoms with Gasteiger partial charge in [-0.1, -0.05) is 25.6 Å². The number of aromatic nitrogens is 3. The van der Waals surface area contributed by atoms with Crippen molar-refractivity contribution in [3.05, 3.63) is 51.1 Å². The third-order valence-electron chi connectivity index (χ3n) is 4.28. The second-order valence-electron chi connectivity index (χ2n) is 6.60. The van der Waals surface area contributed by atoms with Gasteiger partial charge in [0.05, 0.1) is 0 Å². The molecule has 0 aliphatic carbocycles. The summed E-state index contributed by atoms with van der Waals surface area (Å²) in [6.45, 7) is 6.09. The molecule has 0 amide bonds. The fourth-order valence-electron chi connectivity index (χ4n) is 2.96. The minimum Gasteiger partial charge on any atom is -0.423 e. The molecule has 9 heteroatoms. The molecule has 0 spiro atoms. The predicted molar refractivity (Wildman–Crippen MR) is 96.9 cm³/mol. The summed E-state index contributed by atoms with van der Waals surface area (Å²) < 4.78 is 44.8. The molecule has 144 valence electrons. The van der Waals surface area contributed by atoms with Crippen molar-refractivity contribution >= 4 is 22.7 Å². The molecule has 0 atom stereocenters. The van der Waals surface area contributed by atoms with Crippen molar-refractivity contribution in [2.75, 3.05) is 0 Å². The van der Waals surface area contributed by atoms with Crippen LogP contribution in [0.15, 0.2) is 32.6 Å². The predicted octanol–water partition coefficient (Wildman–Crippen LogP) is 4.66. The van der Waals surface area contributed by atoms with Gasteiger partial charge in [0.2, 0.25) is 5.82 Å². The molecule has 0 aliphatic heterocycles. The first-order chi connectivity index (χ1) is 12.6. The van der Waals surface area contributed by atoms with Crippen LogP contribution in [0, 0.1) is 6.92 Å². The first kappa shape index (κ1) is 19.5. The van der Waals surface area contributed by atoms with Crippen molar-refractivity contribution in [1.82, 2.24) is 14.8 Å². The molecule has 0 radical (unpaired) electrons. The maximum atomic E-state index is 12.9. The van der Waals surface area contributed by atoms with Crippen LogP contribution in [-0.2, 0) is 19.0 Å². The summed E-state index contributed by atoms with van der Waals surface area (Å²) in [6, 6.07) is 5.17. The summed E-state index contributed by atoms with van der Waals surface area (Å²) in [6.07, 6.45) is -4.56. The van der Waals surface area contributed by atoms with Gasteiger partial charge in [-0.05, 0) is 41.7 Å². The van der Waals surface area contributed by atoms with E-state index in [1.807, 2.05) is 19.1 Å². The van der Waals surface area contributed by atoms with Crippen molar-refractivity contribution < 1.29 is 17.6 Å². The number of nitrogens with zero attached hydrogens (tertiary/aromatic N) is 3. The van der Waals surface area contributed by atoms with Crippen LogP contribution in [0.4, 0.5) is 13.2 Å². The monoisotopic (exact) mass is 397 g/mol. The van der Waals surface area contributed by atoms with Gasteiger partial charge in [0.25, 0.3) is 0 Å². The molecular formula is C18H18F3N3O2S. The highest BCUT2D eigenvalue weighted by atomic mass is 32.2. The molecule has 3 rings (SSSR count). The van der Waals surface area contributed by atoms with E-state index in [1.165, 1.54) is 13.1 Å². The van der Waals surface area contributed by atoms with Crippen LogP contribution in [0.2, 0.25) is 0 Å². The van der Waals surface area contributed by atoms with E-state index in [1.54, 1.807) is 0 Å². The van der Waals surface area contributed by atoms with Crippen LogP contribution < -0.4 is 5.63 Å². The summed E-state index contributed by atoms with van der Waals surface area (Å²) in [5, 5.41) is 7.73. The summed E-state index contributed by atoms with van der Waals surface area (Å²) in [7, 11) is 1.27. The Labute approximate surface area is 157 Å². The van der Waals surface area contributed by atoms with Crippen LogP contribution in [0.1, 0.15) is 42.3 Å². The quantitative estimate of drug-likeness (QED) is 0.473. The van der Waals surface area contributed by atoms with Gasteiger partial charge >= 0.3 is 11.8 Å². The molecule has 0 unspecified atom stereocenters. The first-order valence-corrected chi connectivity index (χ1v) is 9.23. The molecule has 0 fully saturated rings. The van der Waals surface area contributed by atoms with Crippen molar-refractivity contribution in [2.45, 2.75) is 43.8 Å². The number of halogens is 3. The molecule has 27 heavy (non-hydrogen) atoms. The maximum Gasteiger partial charge on any atom is 0.451 e. The lowest BCUT2D eigenvalue weighted by Crippen LogP contribution is -2.13. The van der Waals surface area contributed by atoms with E-state index in [4.69, 9.17) is 4.42 Å². The Hall–Kier alpha value is -2.29. The van der Waals surface area contributed by atoms with Gasteiger partial charge in [-0.25, -0.2) is 4.79 Å². The lowest BCUT2D eigenvalue weighted by Gasteiger charge is -2.13. The van der Waals surface area contributed by atoms with Crippen molar-refractivity contribution in [1.29, 1.82) is 0 Å². The van der Waals surface area contributed by atoms with Gasteiger partial charge in [-0.3, -0.25) is 0 Å². The topological polar surface area (TPSA) is 60.9 Å². The average molecular weight is 397 g/mol. The molecule has 2 heterocycles. The number of rotatable bonds is 4. The van der Waals surface area contributed by atoms with Gasteiger partial charge < -0.3 is 8.98 Å². The van der Waals surface area contributed by atoms with Crippen LogP contribution in [-0.4, -0.2) is 14.8 Å². The number of hydrogen-bond donors (Lipinski definition) is 0. The number of fused-ring (bicyclic) bond motifs is 1. The highest BCUT2D eigenvalue weighted by Gasteiger charge is 2.37. The zero-order valence-corrected chi connectivity index (χ0v) is 16.0. The minimum atomic E-state index is -4.56. The third-order valence-corrected chi connectivity index (χ3v) is 5.35. The van der Waals surface area contributed by atoms with Crippen molar-refractivity contribution in [3.8, 4) is 0 Å². The van der Waals surface area contributed by atoms with Crippen molar-refractivity contribution in [2.24, 2.45) is 7.05 Å². The van der Waals surface area contributed by atoms with Crippen LogP contribution >= 0.6 is 11.8 Å². The van der Waals surface area contributed by atoms with Gasteiger partial charge in [-0.15, -0.1) is 10.2 Å². The molecule has 0 saturated carbocycles. The highest BCUT2D eigenvalue weighted by Crippen LogP contribution is 2.32. The van der Waals surface area contributed by atoms with E-state index in [0.29, 0.717) is 11.1 Å². The SMILES string of the molecule is Cc1cc2oc(=O)cc(CSc3nnc(C(F)(F)F)n3C)c2cc1C(C)C. The Bertz CT molecular complexity index is 1050. The molecule has 5 nitrogen and oxygen atoms in total. The van der Waals surface area contributed by atoms with Crippen molar-refractivity contribution in [3.63, 3.8) is 0 Å². The van der Waals surface area contributed by atoms with E-state index in [9.17, 15) is 18.0 Å². The molecule has 0 N–H and O–H groups in total. The summed E-state index contributed by atoms with van der Waals surface area (Å²) in [5.41, 5.74) is 2.80. The number of benzene rings is 1. The van der Waals surface area contributed by atoms with Gasteiger partial charge in [0, 0.05) is 24.3 Å². The van der Waals surface area contributed by atoms with E-state index >= 15 is 0 Å². The Balaban J connectivity index is 1.99. The number of aryl methyl sites for hydroxylation is 1. The normalized spacial score (nSPS) is 12.3. The van der Waals surface area contributed by atoms with Crippen LogP contribution in [0.3, 0.4) is 0 Å². The minimum absolute atomic E-state index is 0.125. The number of hydrogen-bond acceptors (Lipinski definition) is 5. The fraction of sp³-hybridized carbons (Fsp3) is 0.389. The summed E-state index contributed by atoms with van der Waals surface area (Å²) in [5.74, 6) is -0.498. The Morgan fingerprint density at radius 3 is 2.52 bits per heavy atom. The van der Waals surface area contributed by atoms with E-state index in [-0.39, 0.29) is 16.8 Å². The standard InChI is InChI=1S/C18H18F3N3O2S/c1-9(2)12-7-13-11(6-15(25)26-14(13)5-10(12)3)8-27-17-23-22-16(24(17)4)18(19,20)21/h5-7,9H,8H2,1-4H3. The first-order valence-electron chi connectivity index (χ1n) is 8.24. The lowest BCUT2D eigenvalue weighted by atomic mass is 9.95. The number of alkyl halides is 3. The molecule has 0 aliphatic rings. The molecule has 2 aromatic heterocycles. The van der Waals surface area contributed by atoms with Crippen LogP contribution in [0.5, 0.6) is 0 Å². The molecule has 0 bridgehead atoms. The van der Waals surface area contributed by atoms with E-state index < -0.39 is 17.6 Å². The highest BCUT2D eigenvalue weighted by molar-refractivity contribution is 7.98. The Morgan fingerprint density at radius 1 is 1.22 bits per heavy atom. The lowest BCUT2D eigenvalue weighted by molar-refractivity contribution is -0.147. The molecule has 0 saturated heterocycles. The molecule has 1 aromatic carbocycles. The smallest absolute Gasteiger partial charge is 0.423 e. The third kappa shape index (κ3) is 3.87. The maximum absolute atomic E-state index is 12.9. The van der Waals surface area contributed by atoms with Crippen LogP contribution in [0.25, 0.3) is 11.0 Å². The second-order valence-corrected chi connectivity index (χ2v) is 7.54.